The van der Waals surface area contributed by atoms with E-state index in [4.69, 9.17) is 4.74 Å². The number of benzene rings is 1. The van der Waals surface area contributed by atoms with Crippen LogP contribution >= 0.6 is 0 Å². The summed E-state index contributed by atoms with van der Waals surface area (Å²) in [7, 11) is 0. The molecule has 0 fully saturated rings. The molecule has 1 unspecified atom stereocenters. The van der Waals surface area contributed by atoms with Gasteiger partial charge in [-0.1, -0.05) is 51.1 Å². The summed E-state index contributed by atoms with van der Waals surface area (Å²) < 4.78 is 5.36. The van der Waals surface area contributed by atoms with E-state index in [-0.39, 0.29) is 11.9 Å². The molecule has 0 aliphatic rings. The Hall–Kier alpha value is -1.31. The van der Waals surface area contributed by atoms with Gasteiger partial charge in [-0.3, -0.25) is 4.79 Å². The summed E-state index contributed by atoms with van der Waals surface area (Å²) in [5.74, 6) is 0.555. The Morgan fingerprint density at radius 2 is 1.89 bits per heavy atom. The van der Waals surface area contributed by atoms with Crippen LogP contribution in [0.2, 0.25) is 0 Å². The normalized spacial score (nSPS) is 12.4. The lowest BCUT2D eigenvalue weighted by atomic mass is 9.95. The van der Waals surface area contributed by atoms with Crippen LogP contribution in [0.25, 0.3) is 0 Å². The van der Waals surface area contributed by atoms with Crippen molar-refractivity contribution in [3.8, 4) is 0 Å². The van der Waals surface area contributed by atoms with Crippen molar-refractivity contribution < 1.29 is 9.53 Å². The molecule has 1 rings (SSSR count). The van der Waals surface area contributed by atoms with Crippen LogP contribution in [0.1, 0.15) is 39.2 Å². The molecule has 0 spiro atoms. The van der Waals surface area contributed by atoms with Gasteiger partial charge in [0.1, 0.15) is 0 Å². The third-order valence-corrected chi connectivity index (χ3v) is 3.06. The van der Waals surface area contributed by atoms with Crippen molar-refractivity contribution >= 4 is 5.97 Å². The molecule has 18 heavy (non-hydrogen) atoms. The third kappa shape index (κ3) is 5.35. The van der Waals surface area contributed by atoms with E-state index in [1.165, 1.54) is 5.56 Å². The van der Waals surface area contributed by atoms with Crippen molar-refractivity contribution in [3.05, 3.63) is 35.9 Å². The lowest BCUT2D eigenvalue weighted by molar-refractivity contribution is -0.149. The molecule has 2 heteroatoms. The minimum Gasteiger partial charge on any atom is -0.465 e. The van der Waals surface area contributed by atoms with Crippen molar-refractivity contribution in [3.63, 3.8) is 0 Å². The molecule has 0 heterocycles. The van der Waals surface area contributed by atoms with Gasteiger partial charge >= 0.3 is 5.97 Å². The van der Waals surface area contributed by atoms with E-state index in [2.05, 4.69) is 26.0 Å². The molecule has 0 radical (unpaired) electrons. The lowest BCUT2D eigenvalue weighted by Crippen LogP contribution is -2.20. The van der Waals surface area contributed by atoms with Crippen molar-refractivity contribution in [1.29, 1.82) is 0 Å². The average molecular weight is 248 g/mol. The first kappa shape index (κ1) is 14.7. The number of ether oxygens (including phenoxy) is 1. The molecule has 100 valence electrons. The van der Waals surface area contributed by atoms with Gasteiger partial charge in [-0.05, 0) is 24.3 Å². The SMILES string of the molecule is CCC(CC(C)C)C(=O)OCCc1ccccc1. The van der Waals surface area contributed by atoms with Crippen LogP contribution in [-0.2, 0) is 16.0 Å². The number of hydrogen-bond donors (Lipinski definition) is 0. The standard InChI is InChI=1S/C16H24O2/c1-4-15(12-13(2)3)16(17)18-11-10-14-8-6-5-7-9-14/h5-9,13,15H,4,10-12H2,1-3H3. The molecule has 1 atom stereocenters. The first-order valence-electron chi connectivity index (χ1n) is 6.84. The fourth-order valence-corrected chi connectivity index (χ4v) is 2.03. The third-order valence-electron chi connectivity index (χ3n) is 3.06. The Morgan fingerprint density at radius 1 is 1.22 bits per heavy atom. The van der Waals surface area contributed by atoms with Crippen LogP contribution in [0.5, 0.6) is 0 Å². The number of esters is 1. The van der Waals surface area contributed by atoms with Crippen molar-refractivity contribution in [2.45, 2.75) is 40.0 Å². The number of hydrogen-bond acceptors (Lipinski definition) is 2. The van der Waals surface area contributed by atoms with Crippen LogP contribution < -0.4 is 0 Å². The van der Waals surface area contributed by atoms with Crippen molar-refractivity contribution in [2.24, 2.45) is 11.8 Å². The zero-order valence-corrected chi connectivity index (χ0v) is 11.7. The minimum absolute atomic E-state index is 0.0397. The van der Waals surface area contributed by atoms with Crippen LogP contribution in [-0.4, -0.2) is 12.6 Å². The second kappa shape index (κ2) is 7.91. The molecule has 0 aliphatic heterocycles. The van der Waals surface area contributed by atoms with Crippen LogP contribution in [0.3, 0.4) is 0 Å². The number of carbonyl (C=O) groups is 1. The highest BCUT2D eigenvalue weighted by Gasteiger charge is 2.18. The van der Waals surface area contributed by atoms with Gasteiger partial charge in [-0.2, -0.15) is 0 Å². The summed E-state index contributed by atoms with van der Waals surface area (Å²) in [6.45, 7) is 6.81. The molecular weight excluding hydrogens is 224 g/mol. The Bertz CT molecular complexity index is 343. The van der Waals surface area contributed by atoms with Crippen molar-refractivity contribution in [2.75, 3.05) is 6.61 Å². The summed E-state index contributed by atoms with van der Waals surface area (Å²) in [5, 5.41) is 0. The zero-order chi connectivity index (χ0) is 13.4. The number of rotatable bonds is 7. The predicted molar refractivity (Wildman–Crippen MR) is 74.3 cm³/mol. The van der Waals surface area contributed by atoms with Crippen LogP contribution in [0.4, 0.5) is 0 Å². The largest absolute Gasteiger partial charge is 0.465 e. The lowest BCUT2D eigenvalue weighted by Gasteiger charge is -2.16. The van der Waals surface area contributed by atoms with E-state index >= 15 is 0 Å². The van der Waals surface area contributed by atoms with Gasteiger partial charge in [0.15, 0.2) is 0 Å². The Balaban J connectivity index is 2.31. The fraction of sp³-hybridized carbons (Fsp3) is 0.562. The van der Waals surface area contributed by atoms with Gasteiger partial charge in [-0.15, -0.1) is 0 Å². The Labute approximate surface area is 110 Å². The maximum atomic E-state index is 11.9. The molecule has 1 aromatic rings. The van der Waals surface area contributed by atoms with E-state index < -0.39 is 0 Å². The zero-order valence-electron chi connectivity index (χ0n) is 11.7. The van der Waals surface area contributed by atoms with Gasteiger partial charge in [-0.25, -0.2) is 0 Å². The molecule has 0 saturated carbocycles. The molecule has 2 nitrogen and oxygen atoms in total. The molecule has 0 saturated heterocycles. The second-order valence-corrected chi connectivity index (χ2v) is 5.14. The van der Waals surface area contributed by atoms with Crippen LogP contribution in [0.15, 0.2) is 30.3 Å². The van der Waals surface area contributed by atoms with E-state index in [1.54, 1.807) is 0 Å². The molecule has 0 aliphatic carbocycles. The fourth-order valence-electron chi connectivity index (χ4n) is 2.03. The molecular formula is C16H24O2. The molecule has 0 amide bonds. The van der Waals surface area contributed by atoms with E-state index in [1.807, 2.05) is 25.1 Å². The quantitative estimate of drug-likeness (QED) is 0.685. The first-order chi connectivity index (χ1) is 8.63. The van der Waals surface area contributed by atoms with Gasteiger partial charge in [0, 0.05) is 6.42 Å². The van der Waals surface area contributed by atoms with Crippen LogP contribution in [0, 0.1) is 11.8 Å². The summed E-state index contributed by atoms with van der Waals surface area (Å²) in [4.78, 5) is 11.9. The molecule has 1 aromatic carbocycles. The molecule has 0 bridgehead atoms. The highest BCUT2D eigenvalue weighted by Crippen LogP contribution is 2.16. The maximum absolute atomic E-state index is 11.9. The highest BCUT2D eigenvalue weighted by atomic mass is 16.5. The van der Waals surface area contributed by atoms with E-state index in [0.29, 0.717) is 12.5 Å². The van der Waals surface area contributed by atoms with Gasteiger partial charge < -0.3 is 4.74 Å². The predicted octanol–water partition coefficient (Wildman–Crippen LogP) is 3.84. The molecule has 0 N–H and O–H groups in total. The van der Waals surface area contributed by atoms with Gasteiger partial charge in [0.25, 0.3) is 0 Å². The maximum Gasteiger partial charge on any atom is 0.308 e. The average Bonchev–Trinajstić information content (AvgIpc) is 2.36. The Kier molecular flexibility index (Phi) is 6.48. The summed E-state index contributed by atoms with van der Waals surface area (Å²) in [5.41, 5.74) is 1.21. The summed E-state index contributed by atoms with van der Waals surface area (Å²) in [6, 6.07) is 10.1. The summed E-state index contributed by atoms with van der Waals surface area (Å²) in [6.07, 6.45) is 2.58. The summed E-state index contributed by atoms with van der Waals surface area (Å²) >= 11 is 0. The highest BCUT2D eigenvalue weighted by molar-refractivity contribution is 5.72. The number of carbonyl (C=O) groups excluding carboxylic acids is 1. The van der Waals surface area contributed by atoms with Gasteiger partial charge in [0.2, 0.25) is 0 Å². The minimum atomic E-state index is -0.0397. The van der Waals surface area contributed by atoms with Crippen molar-refractivity contribution in [1.82, 2.24) is 0 Å². The monoisotopic (exact) mass is 248 g/mol. The Morgan fingerprint density at radius 3 is 2.44 bits per heavy atom. The molecule has 0 aromatic heterocycles. The smallest absolute Gasteiger partial charge is 0.308 e. The van der Waals surface area contributed by atoms with Gasteiger partial charge in [0.05, 0.1) is 12.5 Å². The van der Waals surface area contributed by atoms with E-state index in [0.717, 1.165) is 19.3 Å². The topological polar surface area (TPSA) is 26.3 Å². The van der Waals surface area contributed by atoms with E-state index in [9.17, 15) is 4.79 Å². The first-order valence-corrected chi connectivity index (χ1v) is 6.84. The second-order valence-electron chi connectivity index (χ2n) is 5.14.